The highest BCUT2D eigenvalue weighted by atomic mass is 16.2. The van der Waals surface area contributed by atoms with Crippen molar-refractivity contribution >= 4 is 11.8 Å². The van der Waals surface area contributed by atoms with Crippen LogP contribution in [-0.2, 0) is 22.4 Å². The first kappa shape index (κ1) is 23.7. The molecular weight excluding hydrogens is 372 g/mol. The first-order chi connectivity index (χ1) is 14.1. The maximum atomic E-state index is 13.4. The van der Waals surface area contributed by atoms with Gasteiger partial charge in [0.2, 0.25) is 11.8 Å². The van der Waals surface area contributed by atoms with Crippen LogP contribution >= 0.6 is 0 Å². The minimum absolute atomic E-state index is 0.00756. The van der Waals surface area contributed by atoms with Gasteiger partial charge in [0.25, 0.3) is 0 Å². The van der Waals surface area contributed by atoms with Gasteiger partial charge in [-0.05, 0) is 58.6 Å². The number of nitrogens with one attached hydrogen (secondary N) is 1. The molecule has 0 saturated carbocycles. The number of carbonyl (C=O) groups excluding carboxylic acids is 2. The molecular formula is C26H36N2O2. The van der Waals surface area contributed by atoms with Crippen LogP contribution in [0.5, 0.6) is 0 Å². The van der Waals surface area contributed by atoms with E-state index in [-0.39, 0.29) is 17.4 Å². The molecule has 0 spiro atoms. The lowest BCUT2D eigenvalue weighted by Gasteiger charge is -2.33. The maximum Gasteiger partial charge on any atom is 0.243 e. The van der Waals surface area contributed by atoms with Gasteiger partial charge in [-0.25, -0.2) is 0 Å². The second-order valence-corrected chi connectivity index (χ2v) is 9.16. The highest BCUT2D eigenvalue weighted by molar-refractivity contribution is 5.88. The van der Waals surface area contributed by atoms with Crippen LogP contribution in [0.3, 0.4) is 0 Å². The molecule has 0 aliphatic rings. The summed E-state index contributed by atoms with van der Waals surface area (Å²) in [5.41, 5.74) is 4.10. The van der Waals surface area contributed by atoms with Crippen molar-refractivity contribution in [2.75, 3.05) is 6.54 Å². The van der Waals surface area contributed by atoms with E-state index < -0.39 is 6.04 Å². The van der Waals surface area contributed by atoms with Gasteiger partial charge >= 0.3 is 0 Å². The number of hydrogen-bond donors (Lipinski definition) is 1. The summed E-state index contributed by atoms with van der Waals surface area (Å²) in [4.78, 5) is 28.1. The number of carbonyl (C=O) groups is 2. The Labute approximate surface area is 181 Å². The van der Waals surface area contributed by atoms with Gasteiger partial charge in [0.15, 0.2) is 0 Å². The normalized spacial score (nSPS) is 12.3. The Bertz CT molecular complexity index is 833. The van der Waals surface area contributed by atoms with Crippen LogP contribution in [0, 0.1) is 13.8 Å². The van der Waals surface area contributed by atoms with Crippen LogP contribution in [-0.4, -0.2) is 34.8 Å². The number of amides is 2. The van der Waals surface area contributed by atoms with Crippen molar-refractivity contribution in [3.8, 4) is 0 Å². The van der Waals surface area contributed by atoms with Gasteiger partial charge in [0.05, 0.1) is 6.42 Å². The number of rotatable bonds is 8. The highest BCUT2D eigenvalue weighted by Gasteiger charge is 2.30. The van der Waals surface area contributed by atoms with Crippen molar-refractivity contribution in [3.63, 3.8) is 0 Å². The van der Waals surface area contributed by atoms with Crippen molar-refractivity contribution < 1.29 is 9.59 Å². The zero-order valence-corrected chi connectivity index (χ0v) is 19.3. The van der Waals surface area contributed by atoms with Crippen molar-refractivity contribution in [3.05, 3.63) is 70.8 Å². The predicted molar refractivity (Wildman–Crippen MR) is 123 cm³/mol. The van der Waals surface area contributed by atoms with E-state index in [1.165, 1.54) is 0 Å². The van der Waals surface area contributed by atoms with Crippen LogP contribution in [0.1, 0.15) is 56.4 Å². The molecule has 2 aromatic rings. The Balaban J connectivity index is 2.25. The third-order valence-electron chi connectivity index (χ3n) is 5.01. The summed E-state index contributed by atoms with van der Waals surface area (Å²) >= 11 is 0. The van der Waals surface area contributed by atoms with Crippen LogP contribution in [0.2, 0.25) is 0 Å². The number of aryl methyl sites for hydroxylation is 2. The molecule has 4 heteroatoms. The van der Waals surface area contributed by atoms with E-state index in [9.17, 15) is 9.59 Å². The fourth-order valence-electron chi connectivity index (χ4n) is 3.80. The second-order valence-electron chi connectivity index (χ2n) is 9.16. The van der Waals surface area contributed by atoms with Gasteiger partial charge in [0.1, 0.15) is 6.04 Å². The largest absolute Gasteiger partial charge is 0.350 e. The van der Waals surface area contributed by atoms with Gasteiger partial charge in [-0.2, -0.15) is 0 Å². The average Bonchev–Trinajstić information content (AvgIpc) is 2.63. The molecule has 0 fully saturated rings. The molecule has 0 unspecified atom stereocenters. The summed E-state index contributed by atoms with van der Waals surface area (Å²) in [6.45, 7) is 12.4. The first-order valence-corrected chi connectivity index (χ1v) is 10.8. The molecule has 2 rings (SSSR count). The molecule has 0 bridgehead atoms. The molecule has 162 valence electrons. The maximum absolute atomic E-state index is 13.4. The van der Waals surface area contributed by atoms with Crippen molar-refractivity contribution in [2.24, 2.45) is 0 Å². The smallest absolute Gasteiger partial charge is 0.243 e. The molecule has 0 radical (unpaired) electrons. The quantitative estimate of drug-likeness (QED) is 0.693. The molecule has 0 heterocycles. The molecule has 2 aromatic carbocycles. The molecule has 0 aliphatic heterocycles. The Kier molecular flexibility index (Phi) is 8.22. The van der Waals surface area contributed by atoms with Crippen LogP contribution < -0.4 is 5.32 Å². The van der Waals surface area contributed by atoms with Crippen LogP contribution in [0.15, 0.2) is 48.5 Å². The lowest BCUT2D eigenvalue weighted by Crippen LogP contribution is -2.54. The first-order valence-electron chi connectivity index (χ1n) is 10.8. The SMILES string of the molecule is CC[C@@H](C(=O)NC(C)(C)C)N(CCc1ccccc1)C(=O)Cc1cc(C)cc(C)c1. The molecule has 0 saturated heterocycles. The average molecular weight is 409 g/mol. The van der Waals surface area contributed by atoms with E-state index in [1.807, 2.05) is 59.7 Å². The Hall–Kier alpha value is -2.62. The third-order valence-corrected chi connectivity index (χ3v) is 5.01. The summed E-state index contributed by atoms with van der Waals surface area (Å²) in [6.07, 6.45) is 1.60. The third kappa shape index (κ3) is 7.33. The molecule has 2 amide bonds. The fourth-order valence-corrected chi connectivity index (χ4v) is 3.80. The van der Waals surface area contributed by atoms with Crippen molar-refractivity contribution in [1.82, 2.24) is 10.2 Å². The van der Waals surface area contributed by atoms with Gasteiger partial charge in [-0.1, -0.05) is 66.6 Å². The summed E-state index contributed by atoms with van der Waals surface area (Å²) < 4.78 is 0. The van der Waals surface area contributed by atoms with Crippen LogP contribution in [0.25, 0.3) is 0 Å². The van der Waals surface area contributed by atoms with Gasteiger partial charge < -0.3 is 10.2 Å². The number of nitrogens with zero attached hydrogens (tertiary/aromatic N) is 1. The van der Waals surface area contributed by atoms with Crippen LogP contribution in [0.4, 0.5) is 0 Å². The van der Waals surface area contributed by atoms with Crippen molar-refractivity contribution in [2.45, 2.75) is 72.4 Å². The highest BCUT2D eigenvalue weighted by Crippen LogP contribution is 2.15. The Morgan fingerprint density at radius 1 is 0.967 bits per heavy atom. The van der Waals surface area contributed by atoms with E-state index in [2.05, 4.69) is 35.6 Å². The predicted octanol–water partition coefficient (Wildman–Crippen LogP) is 4.61. The summed E-state index contributed by atoms with van der Waals surface area (Å²) in [5, 5.41) is 3.05. The lowest BCUT2D eigenvalue weighted by molar-refractivity contribution is -0.140. The minimum atomic E-state index is -0.480. The summed E-state index contributed by atoms with van der Waals surface area (Å²) in [5.74, 6) is -0.0984. The molecule has 30 heavy (non-hydrogen) atoms. The number of hydrogen-bond acceptors (Lipinski definition) is 2. The molecule has 0 aliphatic carbocycles. The minimum Gasteiger partial charge on any atom is -0.350 e. The fraction of sp³-hybridized carbons (Fsp3) is 0.462. The van der Waals surface area contributed by atoms with E-state index in [1.54, 1.807) is 4.90 Å². The standard InChI is InChI=1S/C26H36N2O2/c1-7-23(25(30)27-26(4,5)6)28(14-13-21-11-9-8-10-12-21)24(29)18-22-16-19(2)15-20(3)17-22/h8-12,15-17,23H,7,13-14,18H2,1-6H3,(H,27,30)/t23-/m0/s1. The zero-order valence-electron chi connectivity index (χ0n) is 19.3. The zero-order chi connectivity index (χ0) is 22.3. The van der Waals surface area contributed by atoms with E-state index >= 15 is 0 Å². The Morgan fingerprint density at radius 2 is 1.57 bits per heavy atom. The number of benzene rings is 2. The Morgan fingerprint density at radius 3 is 2.10 bits per heavy atom. The molecule has 1 atom stereocenters. The van der Waals surface area contributed by atoms with Gasteiger partial charge in [0, 0.05) is 12.1 Å². The summed E-state index contributed by atoms with van der Waals surface area (Å²) in [7, 11) is 0. The van der Waals surface area contributed by atoms with E-state index in [4.69, 9.17) is 0 Å². The van der Waals surface area contributed by atoms with Crippen molar-refractivity contribution in [1.29, 1.82) is 0 Å². The summed E-state index contributed by atoms with van der Waals surface area (Å²) in [6, 6.07) is 15.8. The van der Waals surface area contributed by atoms with Gasteiger partial charge in [-0.15, -0.1) is 0 Å². The lowest BCUT2D eigenvalue weighted by atomic mass is 10.0. The monoisotopic (exact) mass is 408 g/mol. The topological polar surface area (TPSA) is 49.4 Å². The van der Waals surface area contributed by atoms with Gasteiger partial charge in [-0.3, -0.25) is 9.59 Å². The van der Waals surface area contributed by atoms with E-state index in [0.717, 1.165) is 28.7 Å². The van der Waals surface area contributed by atoms with E-state index in [0.29, 0.717) is 19.4 Å². The second kappa shape index (κ2) is 10.4. The molecule has 0 aromatic heterocycles. The molecule has 1 N–H and O–H groups in total. The molecule has 4 nitrogen and oxygen atoms in total.